The van der Waals surface area contributed by atoms with Crippen molar-refractivity contribution in [2.75, 3.05) is 12.3 Å². The normalized spacial score (nSPS) is 16.0. The second kappa shape index (κ2) is 7.67. The summed E-state index contributed by atoms with van der Waals surface area (Å²) in [7, 11) is 0. The fraction of sp³-hybridized carbons (Fsp3) is 0.500. The van der Waals surface area contributed by atoms with Crippen molar-refractivity contribution in [3.05, 3.63) is 29.8 Å². The third kappa shape index (κ3) is 5.10. The Morgan fingerprint density at radius 3 is 2.57 bits per heavy atom. The Labute approximate surface area is 124 Å². The molecule has 1 saturated carbocycles. The van der Waals surface area contributed by atoms with E-state index in [1.807, 2.05) is 0 Å². The van der Waals surface area contributed by atoms with E-state index in [0.717, 1.165) is 25.7 Å². The topological polar surface area (TPSA) is 81.4 Å². The van der Waals surface area contributed by atoms with Crippen LogP contribution >= 0.6 is 0 Å². The molecule has 1 aromatic carbocycles. The first kappa shape index (κ1) is 15.4. The largest absolute Gasteiger partial charge is 0.452 e. The molecule has 0 unspecified atom stereocenters. The van der Waals surface area contributed by atoms with E-state index >= 15 is 0 Å². The number of hydrogen-bond donors (Lipinski definition) is 2. The third-order valence-corrected chi connectivity index (χ3v) is 3.68. The quantitative estimate of drug-likeness (QED) is 0.506. The summed E-state index contributed by atoms with van der Waals surface area (Å²) in [5, 5.41) is 2.94. The first-order valence-electron chi connectivity index (χ1n) is 7.47. The molecule has 0 bridgehead atoms. The van der Waals surface area contributed by atoms with Gasteiger partial charge in [-0.05, 0) is 31.0 Å². The highest BCUT2D eigenvalue weighted by atomic mass is 16.5. The SMILES string of the molecule is Nc1cccc(C(=O)OCC(=O)NC2CCCCCC2)c1. The number of anilines is 1. The van der Waals surface area contributed by atoms with E-state index in [0.29, 0.717) is 11.3 Å². The smallest absolute Gasteiger partial charge is 0.338 e. The van der Waals surface area contributed by atoms with Crippen molar-refractivity contribution < 1.29 is 14.3 Å². The van der Waals surface area contributed by atoms with Crippen LogP contribution in [-0.2, 0) is 9.53 Å². The number of carbonyl (C=O) groups excluding carboxylic acids is 2. The summed E-state index contributed by atoms with van der Waals surface area (Å²) in [5.74, 6) is -0.766. The number of nitrogens with two attached hydrogens (primary N) is 1. The van der Waals surface area contributed by atoms with Gasteiger partial charge < -0.3 is 15.8 Å². The average Bonchev–Trinajstić information content (AvgIpc) is 2.73. The van der Waals surface area contributed by atoms with Gasteiger partial charge in [-0.25, -0.2) is 4.79 Å². The molecule has 21 heavy (non-hydrogen) atoms. The van der Waals surface area contributed by atoms with E-state index < -0.39 is 5.97 Å². The zero-order valence-electron chi connectivity index (χ0n) is 12.1. The van der Waals surface area contributed by atoms with Gasteiger partial charge in [0.15, 0.2) is 6.61 Å². The van der Waals surface area contributed by atoms with Crippen LogP contribution in [0.1, 0.15) is 48.9 Å². The molecule has 1 aliphatic rings. The number of amides is 1. The highest BCUT2D eigenvalue weighted by molar-refractivity contribution is 5.92. The molecule has 0 heterocycles. The zero-order chi connectivity index (χ0) is 15.1. The van der Waals surface area contributed by atoms with Gasteiger partial charge in [-0.2, -0.15) is 0 Å². The van der Waals surface area contributed by atoms with Crippen molar-refractivity contribution in [1.29, 1.82) is 0 Å². The summed E-state index contributed by atoms with van der Waals surface area (Å²) in [6.45, 7) is -0.246. The molecule has 0 aliphatic heterocycles. The lowest BCUT2D eigenvalue weighted by atomic mass is 10.1. The second-order valence-electron chi connectivity index (χ2n) is 5.46. The lowest BCUT2D eigenvalue weighted by molar-refractivity contribution is -0.125. The monoisotopic (exact) mass is 290 g/mol. The number of benzene rings is 1. The van der Waals surface area contributed by atoms with Crippen LogP contribution in [0.25, 0.3) is 0 Å². The summed E-state index contributed by atoms with van der Waals surface area (Å²) in [4.78, 5) is 23.6. The number of rotatable bonds is 4. The standard InChI is InChI=1S/C16H22N2O3/c17-13-7-5-6-12(10-13)16(20)21-11-15(19)18-14-8-3-1-2-4-9-14/h5-7,10,14H,1-4,8-9,11,17H2,(H,18,19). The van der Waals surface area contributed by atoms with Crippen molar-refractivity contribution in [3.63, 3.8) is 0 Å². The van der Waals surface area contributed by atoms with Crippen LogP contribution in [0.5, 0.6) is 0 Å². The maximum atomic E-state index is 11.8. The fourth-order valence-corrected chi connectivity index (χ4v) is 2.57. The van der Waals surface area contributed by atoms with Gasteiger partial charge in [-0.1, -0.05) is 31.7 Å². The van der Waals surface area contributed by atoms with Crippen molar-refractivity contribution in [1.82, 2.24) is 5.32 Å². The molecule has 0 radical (unpaired) electrons. The van der Waals surface area contributed by atoms with E-state index in [1.54, 1.807) is 18.2 Å². The lowest BCUT2D eigenvalue weighted by Crippen LogP contribution is -2.37. The van der Waals surface area contributed by atoms with E-state index in [-0.39, 0.29) is 18.6 Å². The zero-order valence-corrected chi connectivity index (χ0v) is 12.1. The number of esters is 1. The first-order valence-corrected chi connectivity index (χ1v) is 7.47. The maximum Gasteiger partial charge on any atom is 0.338 e. The minimum absolute atomic E-state index is 0.214. The summed E-state index contributed by atoms with van der Waals surface area (Å²) in [6, 6.07) is 6.73. The molecule has 1 fully saturated rings. The van der Waals surface area contributed by atoms with Crippen LogP contribution < -0.4 is 11.1 Å². The molecule has 5 heteroatoms. The molecule has 114 valence electrons. The Morgan fingerprint density at radius 2 is 1.90 bits per heavy atom. The molecule has 0 spiro atoms. The molecule has 3 N–H and O–H groups in total. The van der Waals surface area contributed by atoms with Crippen LogP contribution in [0.4, 0.5) is 5.69 Å². The minimum Gasteiger partial charge on any atom is -0.452 e. The lowest BCUT2D eigenvalue weighted by Gasteiger charge is -2.16. The number of hydrogen-bond acceptors (Lipinski definition) is 4. The summed E-state index contributed by atoms with van der Waals surface area (Å²) < 4.78 is 5.01. The Kier molecular flexibility index (Phi) is 5.60. The number of carbonyl (C=O) groups is 2. The van der Waals surface area contributed by atoms with Crippen LogP contribution in [0, 0.1) is 0 Å². The number of ether oxygens (including phenoxy) is 1. The summed E-state index contributed by atoms with van der Waals surface area (Å²) in [6.07, 6.45) is 6.78. The maximum absolute atomic E-state index is 11.8. The van der Waals surface area contributed by atoms with Crippen LogP contribution in [0.15, 0.2) is 24.3 Å². The average molecular weight is 290 g/mol. The van der Waals surface area contributed by atoms with Gasteiger partial charge in [-0.15, -0.1) is 0 Å². The van der Waals surface area contributed by atoms with Gasteiger partial charge in [0, 0.05) is 11.7 Å². The van der Waals surface area contributed by atoms with Gasteiger partial charge in [0.05, 0.1) is 5.56 Å². The summed E-state index contributed by atoms with van der Waals surface area (Å²) in [5.41, 5.74) is 6.46. The third-order valence-electron chi connectivity index (χ3n) is 3.68. The second-order valence-corrected chi connectivity index (χ2v) is 5.46. The van der Waals surface area contributed by atoms with Crippen molar-refractivity contribution in [3.8, 4) is 0 Å². The van der Waals surface area contributed by atoms with Gasteiger partial charge >= 0.3 is 5.97 Å². The van der Waals surface area contributed by atoms with Gasteiger partial charge in [0.25, 0.3) is 5.91 Å². The Morgan fingerprint density at radius 1 is 1.19 bits per heavy atom. The number of nitrogens with one attached hydrogen (secondary N) is 1. The summed E-state index contributed by atoms with van der Waals surface area (Å²) >= 11 is 0. The first-order chi connectivity index (χ1) is 10.1. The molecule has 0 saturated heterocycles. The van der Waals surface area contributed by atoms with Gasteiger partial charge in [0.1, 0.15) is 0 Å². The Hall–Kier alpha value is -2.04. The molecular weight excluding hydrogens is 268 g/mol. The fourth-order valence-electron chi connectivity index (χ4n) is 2.57. The van der Waals surface area contributed by atoms with Crippen molar-refractivity contribution in [2.45, 2.75) is 44.6 Å². The van der Waals surface area contributed by atoms with E-state index in [1.165, 1.54) is 18.9 Å². The van der Waals surface area contributed by atoms with Gasteiger partial charge in [-0.3, -0.25) is 4.79 Å². The van der Waals surface area contributed by atoms with Crippen LogP contribution in [0.3, 0.4) is 0 Å². The molecule has 1 aliphatic carbocycles. The Balaban J connectivity index is 1.76. The highest BCUT2D eigenvalue weighted by Crippen LogP contribution is 2.17. The van der Waals surface area contributed by atoms with Crippen LogP contribution in [-0.4, -0.2) is 24.5 Å². The molecule has 5 nitrogen and oxygen atoms in total. The van der Waals surface area contributed by atoms with E-state index in [9.17, 15) is 9.59 Å². The Bertz CT molecular complexity index is 494. The molecule has 0 aromatic heterocycles. The molecule has 1 aromatic rings. The van der Waals surface area contributed by atoms with Crippen molar-refractivity contribution >= 4 is 17.6 Å². The van der Waals surface area contributed by atoms with Crippen molar-refractivity contribution in [2.24, 2.45) is 0 Å². The molecule has 0 atom stereocenters. The number of nitrogen functional groups attached to an aromatic ring is 1. The van der Waals surface area contributed by atoms with Gasteiger partial charge in [0.2, 0.25) is 0 Å². The van der Waals surface area contributed by atoms with Crippen LogP contribution in [0.2, 0.25) is 0 Å². The molecular formula is C16H22N2O3. The molecule has 1 amide bonds. The highest BCUT2D eigenvalue weighted by Gasteiger charge is 2.16. The van der Waals surface area contributed by atoms with E-state index in [2.05, 4.69) is 5.32 Å². The molecule has 2 rings (SSSR count). The minimum atomic E-state index is -0.529. The predicted molar refractivity (Wildman–Crippen MR) is 80.8 cm³/mol. The van der Waals surface area contributed by atoms with E-state index in [4.69, 9.17) is 10.5 Å². The predicted octanol–water partition coefficient (Wildman–Crippen LogP) is 2.26.